The van der Waals surface area contributed by atoms with Gasteiger partial charge >= 0.3 is 0 Å². The van der Waals surface area contributed by atoms with E-state index in [9.17, 15) is 4.79 Å². The van der Waals surface area contributed by atoms with Crippen molar-refractivity contribution in [2.45, 2.75) is 69.9 Å². The number of rotatable bonds is 2. The first kappa shape index (κ1) is 14.8. The van der Waals surface area contributed by atoms with Gasteiger partial charge in [-0.05, 0) is 32.2 Å². The lowest BCUT2D eigenvalue weighted by Gasteiger charge is -2.25. The van der Waals surface area contributed by atoms with Gasteiger partial charge in [-0.3, -0.25) is 4.79 Å². The minimum Gasteiger partial charge on any atom is -0.352 e. The Morgan fingerprint density at radius 1 is 0.941 bits per heavy atom. The van der Waals surface area contributed by atoms with E-state index in [1.807, 2.05) is 0 Å². The number of hydrogen-bond acceptors (Lipinski definition) is 2. The summed E-state index contributed by atoms with van der Waals surface area (Å²) in [6.45, 7) is 1.00. The fraction of sp³-hybridized carbons (Fsp3) is 0.923. The first-order chi connectivity index (χ1) is 7.86. The van der Waals surface area contributed by atoms with E-state index in [4.69, 9.17) is 0 Å². The molecule has 1 aliphatic heterocycles. The lowest BCUT2D eigenvalue weighted by atomic mass is 10.0. The zero-order chi connectivity index (χ0) is 11.2. The molecule has 0 aromatic heterocycles. The molecule has 1 amide bonds. The maximum absolute atomic E-state index is 12.0. The molecule has 0 aromatic rings. The molecule has 17 heavy (non-hydrogen) atoms. The van der Waals surface area contributed by atoms with E-state index < -0.39 is 0 Å². The van der Waals surface area contributed by atoms with Crippen LogP contribution >= 0.6 is 12.4 Å². The fourth-order valence-corrected chi connectivity index (χ4v) is 2.80. The zero-order valence-electron chi connectivity index (χ0n) is 10.5. The summed E-state index contributed by atoms with van der Waals surface area (Å²) in [7, 11) is 0. The first-order valence-corrected chi connectivity index (χ1v) is 6.90. The number of piperidine rings is 1. The van der Waals surface area contributed by atoms with Crippen molar-refractivity contribution in [3.8, 4) is 0 Å². The van der Waals surface area contributed by atoms with Crippen molar-refractivity contribution in [2.75, 3.05) is 6.54 Å². The van der Waals surface area contributed by atoms with E-state index in [1.165, 1.54) is 51.4 Å². The molecule has 0 spiro atoms. The van der Waals surface area contributed by atoms with Crippen molar-refractivity contribution in [2.24, 2.45) is 0 Å². The van der Waals surface area contributed by atoms with Gasteiger partial charge in [0.25, 0.3) is 0 Å². The van der Waals surface area contributed by atoms with Crippen LogP contribution in [0.1, 0.15) is 57.8 Å². The van der Waals surface area contributed by atoms with Gasteiger partial charge in [0.2, 0.25) is 5.91 Å². The average molecular weight is 261 g/mol. The van der Waals surface area contributed by atoms with Crippen molar-refractivity contribution < 1.29 is 4.79 Å². The molecule has 0 aromatic carbocycles. The summed E-state index contributed by atoms with van der Waals surface area (Å²) >= 11 is 0. The standard InChI is InChI=1S/C13H24N2O.ClH/c16-13(12-9-5-6-10-14-12)15-11-7-3-1-2-4-8-11;/h11-12,14H,1-10H2,(H,15,16);1H. The summed E-state index contributed by atoms with van der Waals surface area (Å²) in [5.74, 6) is 0.242. The van der Waals surface area contributed by atoms with Gasteiger partial charge in [-0.15, -0.1) is 12.4 Å². The lowest BCUT2D eigenvalue weighted by molar-refractivity contribution is -0.124. The van der Waals surface area contributed by atoms with Crippen LogP contribution in [0, 0.1) is 0 Å². The van der Waals surface area contributed by atoms with Crippen LogP contribution in [0.5, 0.6) is 0 Å². The largest absolute Gasteiger partial charge is 0.352 e. The summed E-state index contributed by atoms with van der Waals surface area (Å²) in [6, 6.07) is 0.524. The first-order valence-electron chi connectivity index (χ1n) is 6.90. The molecule has 0 bridgehead atoms. The Kier molecular flexibility index (Phi) is 6.90. The Balaban J connectivity index is 0.00000144. The summed E-state index contributed by atoms with van der Waals surface area (Å²) in [5, 5.41) is 6.54. The van der Waals surface area contributed by atoms with Gasteiger partial charge in [0.05, 0.1) is 6.04 Å². The molecule has 1 saturated heterocycles. The molecule has 4 heteroatoms. The molecule has 1 unspecified atom stereocenters. The second kappa shape index (κ2) is 7.93. The number of halogens is 1. The second-order valence-electron chi connectivity index (χ2n) is 5.20. The minimum atomic E-state index is 0. The number of amides is 1. The third kappa shape index (κ3) is 4.84. The number of carbonyl (C=O) groups is 1. The van der Waals surface area contributed by atoms with Crippen LogP contribution in [-0.2, 0) is 4.79 Å². The molecule has 2 fully saturated rings. The Morgan fingerprint density at radius 3 is 2.18 bits per heavy atom. The van der Waals surface area contributed by atoms with E-state index in [0.717, 1.165) is 13.0 Å². The molecule has 1 heterocycles. The van der Waals surface area contributed by atoms with Crippen LogP contribution in [0.15, 0.2) is 0 Å². The van der Waals surface area contributed by atoms with Crippen molar-refractivity contribution in [1.82, 2.24) is 10.6 Å². The maximum Gasteiger partial charge on any atom is 0.237 e. The molecule has 2 rings (SSSR count). The van der Waals surface area contributed by atoms with Crippen molar-refractivity contribution in [3.63, 3.8) is 0 Å². The van der Waals surface area contributed by atoms with Crippen LogP contribution < -0.4 is 10.6 Å². The number of nitrogens with one attached hydrogen (secondary N) is 2. The van der Waals surface area contributed by atoms with Crippen LogP contribution in [-0.4, -0.2) is 24.5 Å². The maximum atomic E-state index is 12.0. The molecule has 1 atom stereocenters. The van der Waals surface area contributed by atoms with Crippen LogP contribution in [0.25, 0.3) is 0 Å². The molecule has 2 aliphatic rings. The third-order valence-corrected chi connectivity index (χ3v) is 3.83. The van der Waals surface area contributed by atoms with Gasteiger partial charge in [-0.2, -0.15) is 0 Å². The lowest BCUT2D eigenvalue weighted by Crippen LogP contribution is -2.49. The average Bonchev–Trinajstić information content (AvgIpc) is 2.59. The van der Waals surface area contributed by atoms with Gasteiger partial charge in [0.1, 0.15) is 0 Å². The van der Waals surface area contributed by atoms with Crippen LogP contribution in [0.2, 0.25) is 0 Å². The van der Waals surface area contributed by atoms with Gasteiger partial charge in [0, 0.05) is 6.04 Å². The van der Waals surface area contributed by atoms with Gasteiger partial charge in [-0.25, -0.2) is 0 Å². The topological polar surface area (TPSA) is 41.1 Å². The quantitative estimate of drug-likeness (QED) is 0.749. The van der Waals surface area contributed by atoms with Crippen molar-refractivity contribution in [3.05, 3.63) is 0 Å². The van der Waals surface area contributed by atoms with Crippen molar-refractivity contribution >= 4 is 18.3 Å². The Bertz CT molecular complexity index is 221. The van der Waals surface area contributed by atoms with E-state index in [0.29, 0.717) is 6.04 Å². The monoisotopic (exact) mass is 260 g/mol. The zero-order valence-corrected chi connectivity index (χ0v) is 11.4. The van der Waals surface area contributed by atoms with Gasteiger partial charge in [0.15, 0.2) is 0 Å². The summed E-state index contributed by atoms with van der Waals surface area (Å²) in [4.78, 5) is 12.0. The predicted octanol–water partition coefficient (Wildman–Crippen LogP) is 2.39. The molecule has 2 N–H and O–H groups in total. The Hall–Kier alpha value is -0.280. The molecular weight excluding hydrogens is 236 g/mol. The smallest absolute Gasteiger partial charge is 0.237 e. The highest BCUT2D eigenvalue weighted by Crippen LogP contribution is 2.17. The summed E-state index contributed by atoms with van der Waals surface area (Å²) in [6.07, 6.45) is 11.0. The van der Waals surface area contributed by atoms with Gasteiger partial charge < -0.3 is 10.6 Å². The highest BCUT2D eigenvalue weighted by Gasteiger charge is 2.23. The molecule has 100 valence electrons. The summed E-state index contributed by atoms with van der Waals surface area (Å²) in [5.41, 5.74) is 0. The predicted molar refractivity (Wildman–Crippen MR) is 72.5 cm³/mol. The van der Waals surface area contributed by atoms with E-state index >= 15 is 0 Å². The Morgan fingerprint density at radius 2 is 1.59 bits per heavy atom. The van der Waals surface area contributed by atoms with Crippen LogP contribution in [0.3, 0.4) is 0 Å². The van der Waals surface area contributed by atoms with Crippen LogP contribution in [0.4, 0.5) is 0 Å². The highest BCUT2D eigenvalue weighted by atomic mass is 35.5. The summed E-state index contributed by atoms with van der Waals surface area (Å²) < 4.78 is 0. The number of carbonyl (C=O) groups excluding carboxylic acids is 1. The van der Waals surface area contributed by atoms with E-state index in [-0.39, 0.29) is 24.4 Å². The molecule has 1 aliphatic carbocycles. The molecular formula is C13H25ClN2O. The highest BCUT2D eigenvalue weighted by molar-refractivity contribution is 5.85. The fourth-order valence-electron chi connectivity index (χ4n) is 2.80. The van der Waals surface area contributed by atoms with E-state index in [1.54, 1.807) is 0 Å². The SMILES string of the molecule is Cl.O=C(NC1CCCCCC1)C1CCCCN1. The van der Waals surface area contributed by atoms with Crippen molar-refractivity contribution in [1.29, 1.82) is 0 Å². The molecule has 3 nitrogen and oxygen atoms in total. The minimum absolute atomic E-state index is 0. The molecule has 0 radical (unpaired) electrons. The second-order valence-corrected chi connectivity index (χ2v) is 5.20. The van der Waals surface area contributed by atoms with Gasteiger partial charge in [-0.1, -0.05) is 32.1 Å². The normalized spacial score (nSPS) is 26.7. The Labute approximate surface area is 111 Å². The van der Waals surface area contributed by atoms with E-state index in [2.05, 4.69) is 10.6 Å². The number of hydrogen-bond donors (Lipinski definition) is 2. The third-order valence-electron chi connectivity index (χ3n) is 3.83. The molecule has 1 saturated carbocycles.